The fraction of sp³-hybridized carbons (Fsp3) is 0.611. The van der Waals surface area contributed by atoms with E-state index < -0.39 is 0 Å². The van der Waals surface area contributed by atoms with E-state index in [9.17, 15) is 4.79 Å². The van der Waals surface area contributed by atoms with Crippen molar-refractivity contribution in [3.63, 3.8) is 0 Å². The van der Waals surface area contributed by atoms with E-state index in [4.69, 9.17) is 9.53 Å². The van der Waals surface area contributed by atoms with Gasteiger partial charge in [-0.05, 0) is 43.6 Å². The Kier molecular flexibility index (Phi) is 6.18. The van der Waals surface area contributed by atoms with Gasteiger partial charge in [0.1, 0.15) is 5.69 Å². The number of aromatic nitrogens is 1. The summed E-state index contributed by atoms with van der Waals surface area (Å²) in [5.74, 6) is 4.11. The first-order valence-corrected chi connectivity index (χ1v) is 10.0. The van der Waals surface area contributed by atoms with E-state index in [2.05, 4.69) is 16.8 Å². The first-order valence-electron chi connectivity index (χ1n) is 8.89. The van der Waals surface area contributed by atoms with Gasteiger partial charge in [0.2, 0.25) is 12.3 Å². The van der Waals surface area contributed by atoms with Crippen LogP contribution in [0.2, 0.25) is 0 Å². The predicted octanol–water partition coefficient (Wildman–Crippen LogP) is 2.04. The number of hydrogen-bond acceptors (Lipinski definition) is 5. The third-order valence-corrected chi connectivity index (χ3v) is 5.52. The Labute approximate surface area is 152 Å². The first kappa shape index (κ1) is 18.0. The van der Waals surface area contributed by atoms with E-state index >= 15 is 0 Å². The smallest absolute Gasteiger partial charge is 0.272 e. The Bertz CT molecular complexity index is 612. The molecule has 0 spiro atoms. The molecule has 0 radical (unpaired) electrons. The molecule has 2 N–H and O–H groups in total. The van der Waals surface area contributed by atoms with Crippen LogP contribution in [0.25, 0.3) is 0 Å². The van der Waals surface area contributed by atoms with Gasteiger partial charge in [0.15, 0.2) is 0 Å². The van der Waals surface area contributed by atoms with Gasteiger partial charge in [0.05, 0.1) is 6.61 Å². The number of nitrogens with zero attached hydrogens (tertiary/aromatic N) is 2. The molecule has 0 aromatic carbocycles. The van der Waals surface area contributed by atoms with Crippen molar-refractivity contribution in [1.29, 1.82) is 0 Å². The van der Waals surface area contributed by atoms with Gasteiger partial charge in [-0.25, -0.2) is 4.98 Å². The van der Waals surface area contributed by atoms with Crippen molar-refractivity contribution < 1.29 is 14.3 Å². The lowest BCUT2D eigenvalue weighted by Gasteiger charge is -2.26. The minimum atomic E-state index is 0.0546. The minimum absolute atomic E-state index is 0.0546. The SMILES string of the molecule is NC=O.O=C(c1ccc(C2CC2)c(OCC2CC2)n1)N1CCSCC1. The van der Waals surface area contributed by atoms with E-state index in [0.29, 0.717) is 23.4 Å². The molecule has 2 amide bonds. The summed E-state index contributed by atoms with van der Waals surface area (Å²) in [7, 11) is 0. The fourth-order valence-corrected chi connectivity index (χ4v) is 3.70. The molecule has 1 aliphatic heterocycles. The Morgan fingerprint density at radius 1 is 1.28 bits per heavy atom. The maximum atomic E-state index is 12.6. The van der Waals surface area contributed by atoms with Crippen LogP contribution < -0.4 is 10.5 Å². The van der Waals surface area contributed by atoms with Crippen LogP contribution in [0.5, 0.6) is 5.88 Å². The molecular weight excluding hydrogens is 338 g/mol. The summed E-state index contributed by atoms with van der Waals surface area (Å²) in [6.07, 6.45) is 5.22. The van der Waals surface area contributed by atoms with Crippen LogP contribution in [0.4, 0.5) is 0 Å². The highest BCUT2D eigenvalue weighted by molar-refractivity contribution is 7.99. The Morgan fingerprint density at radius 3 is 2.56 bits per heavy atom. The summed E-state index contributed by atoms with van der Waals surface area (Å²) in [5.41, 5.74) is 5.91. The lowest BCUT2D eigenvalue weighted by atomic mass is 10.1. The number of hydrogen-bond donors (Lipinski definition) is 1. The van der Waals surface area contributed by atoms with Crippen molar-refractivity contribution in [3.05, 3.63) is 23.4 Å². The standard InChI is InChI=1S/C17H22N2O2S.CH3NO/c20-17(19-7-9-22-10-8-19)15-6-5-14(13-3-4-13)16(18-15)21-11-12-1-2-12;2-1-3/h5-6,12-13H,1-4,7-11H2;1H,(H2,2,3). The van der Waals surface area contributed by atoms with E-state index in [0.717, 1.165) is 31.2 Å². The van der Waals surface area contributed by atoms with Gasteiger partial charge in [0, 0.05) is 30.2 Å². The predicted molar refractivity (Wildman–Crippen MR) is 97.9 cm³/mol. The van der Waals surface area contributed by atoms with Gasteiger partial charge in [0.25, 0.3) is 5.91 Å². The Morgan fingerprint density at radius 2 is 1.96 bits per heavy atom. The van der Waals surface area contributed by atoms with Crippen LogP contribution in [0.3, 0.4) is 0 Å². The number of pyridine rings is 1. The summed E-state index contributed by atoms with van der Waals surface area (Å²) in [6.45, 7) is 2.41. The van der Waals surface area contributed by atoms with Gasteiger partial charge in [-0.2, -0.15) is 11.8 Å². The molecule has 0 bridgehead atoms. The normalized spacial score (nSPS) is 19.6. The molecule has 1 aromatic heterocycles. The third kappa shape index (κ3) is 5.11. The van der Waals surface area contributed by atoms with Gasteiger partial charge < -0.3 is 15.4 Å². The Balaban J connectivity index is 0.000000569. The van der Waals surface area contributed by atoms with E-state index in [1.165, 1.54) is 31.2 Å². The molecule has 7 heteroatoms. The molecule has 1 aromatic rings. The molecule has 0 unspecified atom stereocenters. The highest BCUT2D eigenvalue weighted by Gasteiger charge is 2.30. The lowest BCUT2D eigenvalue weighted by Crippen LogP contribution is -2.38. The monoisotopic (exact) mass is 363 g/mol. The number of thioether (sulfide) groups is 1. The van der Waals surface area contributed by atoms with E-state index in [1.54, 1.807) is 0 Å². The molecule has 1 saturated heterocycles. The van der Waals surface area contributed by atoms with Crippen LogP contribution in [0.1, 0.15) is 47.7 Å². The molecule has 2 aliphatic carbocycles. The zero-order valence-corrected chi connectivity index (χ0v) is 15.2. The van der Waals surface area contributed by atoms with Crippen molar-refractivity contribution in [1.82, 2.24) is 9.88 Å². The average molecular weight is 363 g/mol. The van der Waals surface area contributed by atoms with Crippen LogP contribution in [0.15, 0.2) is 12.1 Å². The van der Waals surface area contributed by atoms with Crippen molar-refractivity contribution in [3.8, 4) is 5.88 Å². The fourth-order valence-electron chi connectivity index (χ4n) is 2.80. The topological polar surface area (TPSA) is 85.5 Å². The summed E-state index contributed by atoms with van der Waals surface area (Å²) >= 11 is 1.91. The first-order chi connectivity index (χ1) is 12.2. The van der Waals surface area contributed by atoms with Crippen molar-refractivity contribution in [2.45, 2.75) is 31.6 Å². The van der Waals surface area contributed by atoms with Gasteiger partial charge >= 0.3 is 0 Å². The van der Waals surface area contributed by atoms with Crippen LogP contribution in [-0.4, -0.2) is 53.4 Å². The van der Waals surface area contributed by atoms with Crippen molar-refractivity contribution in [2.75, 3.05) is 31.2 Å². The quantitative estimate of drug-likeness (QED) is 0.809. The summed E-state index contributed by atoms with van der Waals surface area (Å²) in [6, 6.07) is 3.96. The average Bonchev–Trinajstić information content (AvgIpc) is 3.54. The molecule has 3 aliphatic rings. The number of carbonyl (C=O) groups excluding carboxylic acids is 2. The number of nitrogens with two attached hydrogens (primary N) is 1. The molecule has 3 fully saturated rings. The van der Waals surface area contributed by atoms with E-state index in [-0.39, 0.29) is 12.3 Å². The maximum absolute atomic E-state index is 12.6. The van der Waals surface area contributed by atoms with Crippen molar-refractivity contribution >= 4 is 24.1 Å². The zero-order valence-electron chi connectivity index (χ0n) is 14.4. The molecule has 25 heavy (non-hydrogen) atoms. The second-order valence-corrected chi connectivity index (χ2v) is 7.88. The van der Waals surface area contributed by atoms with E-state index in [1.807, 2.05) is 22.7 Å². The molecule has 2 heterocycles. The van der Waals surface area contributed by atoms with Gasteiger partial charge in [-0.15, -0.1) is 0 Å². The molecular formula is C18H25N3O3S. The maximum Gasteiger partial charge on any atom is 0.272 e. The number of rotatable bonds is 5. The second kappa shape index (κ2) is 8.56. The highest BCUT2D eigenvalue weighted by Crippen LogP contribution is 2.44. The number of ether oxygens (including phenoxy) is 1. The van der Waals surface area contributed by atoms with Crippen LogP contribution >= 0.6 is 11.8 Å². The molecule has 136 valence electrons. The summed E-state index contributed by atoms with van der Waals surface area (Å²) in [4.78, 5) is 27.7. The molecule has 2 saturated carbocycles. The van der Waals surface area contributed by atoms with Crippen LogP contribution in [-0.2, 0) is 4.79 Å². The third-order valence-electron chi connectivity index (χ3n) is 4.58. The molecule has 4 rings (SSSR count). The van der Waals surface area contributed by atoms with Gasteiger partial charge in [-0.3, -0.25) is 9.59 Å². The zero-order chi connectivity index (χ0) is 17.6. The number of amides is 2. The molecule has 6 nitrogen and oxygen atoms in total. The van der Waals surface area contributed by atoms with Crippen LogP contribution in [0, 0.1) is 5.92 Å². The number of primary amides is 1. The lowest BCUT2D eigenvalue weighted by molar-refractivity contribution is -0.106. The summed E-state index contributed by atoms with van der Waals surface area (Å²) in [5, 5.41) is 0. The minimum Gasteiger partial charge on any atom is -0.477 e. The van der Waals surface area contributed by atoms with Crippen molar-refractivity contribution in [2.24, 2.45) is 11.7 Å². The molecule has 0 atom stereocenters. The highest BCUT2D eigenvalue weighted by atomic mass is 32.2. The Hall–Kier alpha value is -1.76. The van der Waals surface area contributed by atoms with Gasteiger partial charge in [-0.1, -0.05) is 6.07 Å². The largest absolute Gasteiger partial charge is 0.477 e. The second-order valence-electron chi connectivity index (χ2n) is 6.66. The number of carbonyl (C=O) groups is 2. The summed E-state index contributed by atoms with van der Waals surface area (Å²) < 4.78 is 5.95.